The van der Waals surface area contributed by atoms with Gasteiger partial charge in [0.2, 0.25) is 0 Å². The molecule has 3 rings (SSSR count). The highest BCUT2D eigenvalue weighted by Crippen LogP contribution is 2.35. The Hall–Kier alpha value is -2.46. The maximum atomic E-state index is 12.8. The number of rotatable bonds is 4. The predicted molar refractivity (Wildman–Crippen MR) is 105 cm³/mol. The molecular formula is C18H21N3O5S2. The smallest absolute Gasteiger partial charge is 0.276 e. The van der Waals surface area contributed by atoms with Gasteiger partial charge in [-0.2, -0.15) is 0 Å². The lowest BCUT2D eigenvalue weighted by atomic mass is 10.0. The van der Waals surface area contributed by atoms with Crippen molar-refractivity contribution in [1.82, 2.24) is 9.71 Å². The Kier molecular flexibility index (Phi) is 5.20. The second-order valence-electron chi connectivity index (χ2n) is 6.97. The summed E-state index contributed by atoms with van der Waals surface area (Å²) in [6, 6.07) is 2.85. The van der Waals surface area contributed by atoms with Crippen molar-refractivity contribution in [1.29, 1.82) is 0 Å². The number of aryl methyl sites for hydroxylation is 3. The maximum absolute atomic E-state index is 12.8. The van der Waals surface area contributed by atoms with Gasteiger partial charge in [0.05, 0.1) is 21.3 Å². The lowest BCUT2D eigenvalue weighted by molar-refractivity contribution is -0.125. The number of fused-ring (bicyclic) bond motifs is 1. The molecule has 0 fully saturated rings. The van der Waals surface area contributed by atoms with E-state index in [-0.39, 0.29) is 27.3 Å². The van der Waals surface area contributed by atoms with Crippen LogP contribution in [0.1, 0.15) is 39.8 Å². The number of anilines is 1. The minimum Gasteiger partial charge on any atom is -0.478 e. The van der Waals surface area contributed by atoms with Gasteiger partial charge in [-0.3, -0.25) is 9.59 Å². The quantitative estimate of drug-likeness (QED) is 0.781. The molecule has 1 aromatic heterocycles. The number of aromatic nitrogens is 1. The summed E-state index contributed by atoms with van der Waals surface area (Å²) < 4.78 is 33.5. The van der Waals surface area contributed by atoms with Crippen molar-refractivity contribution in [3.8, 4) is 5.75 Å². The number of carbonyl (C=O) groups excluding carboxylic acids is 2. The molecule has 1 atom stereocenters. The first kappa shape index (κ1) is 20.3. The number of sulfonamides is 1. The molecule has 8 nitrogen and oxygen atoms in total. The van der Waals surface area contributed by atoms with Gasteiger partial charge in [0.15, 0.2) is 6.10 Å². The van der Waals surface area contributed by atoms with Crippen LogP contribution in [-0.2, 0) is 14.8 Å². The number of hydrogen-bond donors (Lipinski definition) is 2. The fourth-order valence-corrected chi connectivity index (χ4v) is 5.03. The first-order chi connectivity index (χ1) is 13.0. The summed E-state index contributed by atoms with van der Waals surface area (Å²) in [5.41, 5.74) is 1.25. The molecule has 0 bridgehead atoms. The second kappa shape index (κ2) is 7.17. The first-order valence-electron chi connectivity index (χ1n) is 8.63. The largest absolute Gasteiger partial charge is 0.478 e. The number of nitrogens with one attached hydrogen (secondary N) is 2. The zero-order valence-corrected chi connectivity index (χ0v) is 17.7. The first-order valence-corrected chi connectivity index (χ1v) is 10.9. The van der Waals surface area contributed by atoms with E-state index < -0.39 is 22.0 Å². The number of thiazole rings is 1. The van der Waals surface area contributed by atoms with Gasteiger partial charge >= 0.3 is 0 Å². The van der Waals surface area contributed by atoms with E-state index in [0.29, 0.717) is 22.0 Å². The summed E-state index contributed by atoms with van der Waals surface area (Å²) in [5.74, 6) is -0.843. The molecule has 1 aliphatic rings. The third-order valence-electron chi connectivity index (χ3n) is 4.28. The Morgan fingerprint density at radius 3 is 2.54 bits per heavy atom. The lowest BCUT2D eigenvalue weighted by Gasteiger charge is -2.29. The standard InChI is InChI=1S/C18H21N3O5S2/c1-8(2)15-17(22)20-12-6-9(3)14(7-13(12)26-15)28(24,25)21-18(23)16-10(4)19-11(5)27-16/h6-8,15H,1-5H3,(H,20,22)(H,21,23)/t15-/m0/s1. The maximum Gasteiger partial charge on any atom is 0.276 e. The van der Waals surface area contributed by atoms with Gasteiger partial charge in [-0.05, 0) is 38.3 Å². The lowest BCUT2D eigenvalue weighted by Crippen LogP contribution is -2.40. The van der Waals surface area contributed by atoms with Gasteiger partial charge in [-0.25, -0.2) is 18.1 Å². The van der Waals surface area contributed by atoms with Crippen molar-refractivity contribution in [2.45, 2.75) is 45.6 Å². The predicted octanol–water partition coefficient (Wildman–Crippen LogP) is 2.54. The van der Waals surface area contributed by atoms with E-state index >= 15 is 0 Å². The molecule has 0 saturated heterocycles. The molecule has 0 unspecified atom stereocenters. The van der Waals surface area contributed by atoms with E-state index in [0.717, 1.165) is 11.3 Å². The summed E-state index contributed by atoms with van der Waals surface area (Å²) >= 11 is 1.13. The molecule has 0 aliphatic carbocycles. The van der Waals surface area contributed by atoms with Crippen molar-refractivity contribution in [3.63, 3.8) is 0 Å². The molecule has 2 aromatic rings. The van der Waals surface area contributed by atoms with Crippen molar-refractivity contribution in [2.24, 2.45) is 5.92 Å². The van der Waals surface area contributed by atoms with Crippen molar-refractivity contribution in [2.75, 3.05) is 5.32 Å². The molecule has 1 aromatic carbocycles. The number of amides is 2. The van der Waals surface area contributed by atoms with Crippen LogP contribution >= 0.6 is 11.3 Å². The molecule has 28 heavy (non-hydrogen) atoms. The van der Waals surface area contributed by atoms with Crippen molar-refractivity contribution >= 4 is 38.9 Å². The van der Waals surface area contributed by atoms with Gasteiger partial charge in [-0.1, -0.05) is 13.8 Å². The van der Waals surface area contributed by atoms with E-state index in [9.17, 15) is 18.0 Å². The molecule has 2 N–H and O–H groups in total. The van der Waals surface area contributed by atoms with Crippen LogP contribution in [0, 0.1) is 26.7 Å². The topological polar surface area (TPSA) is 114 Å². The van der Waals surface area contributed by atoms with Crippen molar-refractivity contribution < 1.29 is 22.7 Å². The molecule has 0 radical (unpaired) electrons. The summed E-state index contributed by atoms with van der Waals surface area (Å²) in [5, 5.41) is 3.41. The summed E-state index contributed by atoms with van der Waals surface area (Å²) in [6.07, 6.45) is -0.719. The molecular weight excluding hydrogens is 402 g/mol. The third kappa shape index (κ3) is 3.74. The Bertz CT molecular complexity index is 1070. The van der Waals surface area contributed by atoms with Gasteiger partial charge in [0, 0.05) is 6.07 Å². The SMILES string of the molecule is Cc1nc(C)c(C(=O)NS(=O)(=O)c2cc3c(cc2C)NC(=O)[C@H](C(C)C)O3)s1. The molecule has 0 spiro atoms. The molecule has 150 valence electrons. The Labute approximate surface area is 167 Å². The Balaban J connectivity index is 1.94. The van der Waals surface area contributed by atoms with E-state index in [2.05, 4.69) is 15.0 Å². The molecule has 0 saturated carbocycles. The summed E-state index contributed by atoms with van der Waals surface area (Å²) in [4.78, 5) is 28.9. The third-order valence-corrected chi connectivity index (χ3v) is 6.82. The van der Waals surface area contributed by atoms with E-state index in [1.807, 2.05) is 13.8 Å². The van der Waals surface area contributed by atoms with Gasteiger partial charge in [0.25, 0.3) is 21.8 Å². The highest BCUT2D eigenvalue weighted by Gasteiger charge is 2.32. The highest BCUT2D eigenvalue weighted by molar-refractivity contribution is 7.90. The molecule has 1 aliphatic heterocycles. The van der Waals surface area contributed by atoms with Gasteiger partial charge < -0.3 is 10.1 Å². The fraction of sp³-hybridized carbons (Fsp3) is 0.389. The Morgan fingerprint density at radius 1 is 1.29 bits per heavy atom. The number of ether oxygens (including phenoxy) is 1. The zero-order valence-electron chi connectivity index (χ0n) is 16.1. The van der Waals surface area contributed by atoms with E-state index in [1.165, 1.54) is 12.1 Å². The van der Waals surface area contributed by atoms with Crippen LogP contribution in [0.15, 0.2) is 17.0 Å². The second-order valence-corrected chi connectivity index (χ2v) is 9.82. The van der Waals surface area contributed by atoms with Crippen LogP contribution in [0.4, 0.5) is 5.69 Å². The number of benzene rings is 1. The minimum absolute atomic E-state index is 0.0860. The Morgan fingerprint density at radius 2 is 1.96 bits per heavy atom. The molecule has 2 heterocycles. The zero-order chi connectivity index (χ0) is 20.8. The highest BCUT2D eigenvalue weighted by atomic mass is 32.2. The monoisotopic (exact) mass is 423 g/mol. The summed E-state index contributed by atoms with van der Waals surface area (Å²) in [7, 11) is -4.14. The average molecular weight is 424 g/mol. The van der Waals surface area contributed by atoms with Crippen LogP contribution in [0.3, 0.4) is 0 Å². The van der Waals surface area contributed by atoms with Crippen LogP contribution in [-0.4, -0.2) is 31.3 Å². The van der Waals surface area contributed by atoms with Crippen LogP contribution in [0.2, 0.25) is 0 Å². The normalized spacial score (nSPS) is 16.4. The molecule has 2 amide bonds. The molecule has 10 heteroatoms. The van der Waals surface area contributed by atoms with Crippen molar-refractivity contribution in [3.05, 3.63) is 33.3 Å². The van der Waals surface area contributed by atoms with Crippen LogP contribution in [0.5, 0.6) is 5.75 Å². The van der Waals surface area contributed by atoms with Crippen LogP contribution < -0.4 is 14.8 Å². The van der Waals surface area contributed by atoms with Gasteiger partial charge in [-0.15, -0.1) is 11.3 Å². The van der Waals surface area contributed by atoms with Crippen LogP contribution in [0.25, 0.3) is 0 Å². The summed E-state index contributed by atoms with van der Waals surface area (Å²) in [6.45, 7) is 8.65. The number of hydrogen-bond acceptors (Lipinski definition) is 7. The number of carbonyl (C=O) groups is 2. The van der Waals surface area contributed by atoms with E-state index in [1.54, 1.807) is 20.8 Å². The van der Waals surface area contributed by atoms with Gasteiger partial charge in [0.1, 0.15) is 10.6 Å². The minimum atomic E-state index is -4.14. The average Bonchev–Trinajstić information content (AvgIpc) is 2.91. The van der Waals surface area contributed by atoms with E-state index in [4.69, 9.17) is 4.74 Å². The fourth-order valence-electron chi connectivity index (χ4n) is 2.95. The number of nitrogens with zero attached hydrogens (tertiary/aromatic N) is 1.